The lowest BCUT2D eigenvalue weighted by Crippen LogP contribution is -2.38. The summed E-state index contributed by atoms with van der Waals surface area (Å²) in [6.45, 7) is 4.07. The van der Waals surface area contributed by atoms with E-state index in [1.807, 2.05) is 44.1 Å². The van der Waals surface area contributed by atoms with Crippen molar-refractivity contribution in [2.75, 3.05) is 32.1 Å². The predicted molar refractivity (Wildman–Crippen MR) is 101 cm³/mol. The van der Waals surface area contributed by atoms with E-state index in [2.05, 4.69) is 20.6 Å². The molecule has 0 saturated carbocycles. The molecule has 0 bridgehead atoms. The molecule has 0 atom stereocenters. The highest BCUT2D eigenvalue weighted by atomic mass is 19.1. The molecule has 0 saturated heterocycles. The van der Waals surface area contributed by atoms with E-state index in [-0.39, 0.29) is 5.82 Å². The Morgan fingerprint density at radius 3 is 2.72 bits per heavy atom. The molecule has 0 aliphatic rings. The van der Waals surface area contributed by atoms with E-state index in [0.717, 1.165) is 35.9 Å². The summed E-state index contributed by atoms with van der Waals surface area (Å²) >= 11 is 0. The van der Waals surface area contributed by atoms with Crippen LogP contribution in [0, 0.1) is 5.82 Å². The molecule has 0 radical (unpaired) electrons. The van der Waals surface area contributed by atoms with Crippen LogP contribution >= 0.6 is 0 Å². The van der Waals surface area contributed by atoms with Crippen molar-refractivity contribution in [3.05, 3.63) is 59.5 Å². The average molecular weight is 343 g/mol. The Hall–Kier alpha value is -2.63. The lowest BCUT2D eigenvalue weighted by atomic mass is 10.1. The van der Waals surface area contributed by atoms with E-state index in [1.165, 1.54) is 6.07 Å². The highest BCUT2D eigenvalue weighted by Crippen LogP contribution is 2.10. The van der Waals surface area contributed by atoms with Gasteiger partial charge in [-0.25, -0.2) is 14.4 Å². The van der Waals surface area contributed by atoms with Crippen LogP contribution in [-0.4, -0.2) is 38.1 Å². The van der Waals surface area contributed by atoms with Crippen LogP contribution in [0.3, 0.4) is 0 Å². The molecular weight excluding hydrogens is 317 g/mol. The van der Waals surface area contributed by atoms with Gasteiger partial charge >= 0.3 is 0 Å². The molecule has 2 aromatic rings. The summed E-state index contributed by atoms with van der Waals surface area (Å²) < 4.78 is 13.2. The zero-order valence-corrected chi connectivity index (χ0v) is 15.1. The van der Waals surface area contributed by atoms with Gasteiger partial charge in [-0.05, 0) is 48.7 Å². The van der Waals surface area contributed by atoms with Gasteiger partial charge < -0.3 is 15.5 Å². The van der Waals surface area contributed by atoms with Crippen LogP contribution in [0.5, 0.6) is 0 Å². The molecule has 0 amide bonds. The molecule has 0 aliphatic carbocycles. The molecule has 1 aromatic heterocycles. The molecule has 0 aliphatic heterocycles. The number of hydrogen-bond donors (Lipinski definition) is 2. The smallest absolute Gasteiger partial charge is 0.191 e. The van der Waals surface area contributed by atoms with Gasteiger partial charge in [-0.15, -0.1) is 0 Å². The summed E-state index contributed by atoms with van der Waals surface area (Å²) in [5, 5.41) is 6.51. The fourth-order valence-electron chi connectivity index (χ4n) is 2.33. The summed E-state index contributed by atoms with van der Waals surface area (Å²) in [5.41, 5.74) is 2.06. The van der Waals surface area contributed by atoms with E-state index in [4.69, 9.17) is 0 Å². The molecule has 0 unspecified atom stereocenters. The maximum atomic E-state index is 13.2. The molecule has 1 aromatic carbocycles. The third kappa shape index (κ3) is 6.41. The van der Waals surface area contributed by atoms with E-state index in [0.29, 0.717) is 13.1 Å². The third-order valence-corrected chi connectivity index (χ3v) is 3.63. The van der Waals surface area contributed by atoms with Gasteiger partial charge in [0.15, 0.2) is 5.96 Å². The second-order valence-electron chi connectivity index (χ2n) is 5.92. The molecule has 134 valence electrons. The van der Waals surface area contributed by atoms with E-state index in [1.54, 1.807) is 18.3 Å². The minimum absolute atomic E-state index is 0.201. The second kappa shape index (κ2) is 9.61. The highest BCUT2D eigenvalue weighted by Gasteiger charge is 2.01. The van der Waals surface area contributed by atoms with Gasteiger partial charge in [0, 0.05) is 33.4 Å². The summed E-state index contributed by atoms with van der Waals surface area (Å²) in [6.07, 6.45) is 2.53. The largest absolute Gasteiger partial charge is 0.363 e. The number of aromatic nitrogens is 1. The first kappa shape index (κ1) is 18.7. The fourth-order valence-corrected chi connectivity index (χ4v) is 2.33. The SMILES string of the molecule is CCNC(=NCc1ccnc(N(C)C)c1)NCCc1cccc(F)c1. The van der Waals surface area contributed by atoms with Crippen molar-refractivity contribution in [2.24, 2.45) is 4.99 Å². The fraction of sp³-hybridized carbons (Fsp3) is 0.368. The molecule has 2 rings (SSSR count). The molecule has 0 spiro atoms. The number of guanidine groups is 1. The van der Waals surface area contributed by atoms with Crippen molar-refractivity contribution in [2.45, 2.75) is 19.9 Å². The van der Waals surface area contributed by atoms with Crippen molar-refractivity contribution < 1.29 is 4.39 Å². The molecule has 5 nitrogen and oxygen atoms in total. The lowest BCUT2D eigenvalue weighted by Gasteiger charge is -2.13. The van der Waals surface area contributed by atoms with Crippen molar-refractivity contribution in [1.82, 2.24) is 15.6 Å². The van der Waals surface area contributed by atoms with Gasteiger partial charge in [0.2, 0.25) is 0 Å². The van der Waals surface area contributed by atoms with E-state index in [9.17, 15) is 4.39 Å². The lowest BCUT2D eigenvalue weighted by molar-refractivity contribution is 0.625. The van der Waals surface area contributed by atoms with Crippen LogP contribution in [0.15, 0.2) is 47.6 Å². The van der Waals surface area contributed by atoms with Crippen LogP contribution in [0.2, 0.25) is 0 Å². The predicted octanol–water partition coefficient (Wildman–Crippen LogP) is 2.58. The normalized spacial score (nSPS) is 11.3. The van der Waals surface area contributed by atoms with Crippen LogP contribution < -0.4 is 15.5 Å². The van der Waals surface area contributed by atoms with Crippen molar-refractivity contribution in [3.63, 3.8) is 0 Å². The zero-order chi connectivity index (χ0) is 18.1. The van der Waals surface area contributed by atoms with Gasteiger partial charge in [-0.1, -0.05) is 12.1 Å². The Kier molecular flexibility index (Phi) is 7.19. The van der Waals surface area contributed by atoms with Crippen LogP contribution in [0.25, 0.3) is 0 Å². The molecule has 1 heterocycles. The van der Waals surface area contributed by atoms with Crippen molar-refractivity contribution in [3.8, 4) is 0 Å². The monoisotopic (exact) mass is 343 g/mol. The summed E-state index contributed by atoms with van der Waals surface area (Å²) in [7, 11) is 3.93. The number of hydrogen-bond acceptors (Lipinski definition) is 3. The second-order valence-corrected chi connectivity index (χ2v) is 5.92. The van der Waals surface area contributed by atoms with Crippen LogP contribution in [-0.2, 0) is 13.0 Å². The molecule has 0 fully saturated rings. The number of benzene rings is 1. The number of nitrogens with one attached hydrogen (secondary N) is 2. The first-order valence-corrected chi connectivity index (χ1v) is 8.47. The zero-order valence-electron chi connectivity index (χ0n) is 15.1. The highest BCUT2D eigenvalue weighted by molar-refractivity contribution is 5.79. The van der Waals surface area contributed by atoms with Crippen molar-refractivity contribution >= 4 is 11.8 Å². The Morgan fingerprint density at radius 1 is 1.16 bits per heavy atom. The standard InChI is InChI=1S/C19H26FN5/c1-4-21-19(23-11-8-15-6-5-7-17(20)12-15)24-14-16-9-10-22-18(13-16)25(2)3/h5-7,9-10,12-13H,4,8,11,14H2,1-3H3,(H2,21,23,24). The molecule has 6 heteroatoms. The average Bonchev–Trinajstić information content (AvgIpc) is 2.60. The van der Waals surface area contributed by atoms with Gasteiger partial charge in [0.05, 0.1) is 6.54 Å². The Labute approximate surface area is 149 Å². The van der Waals surface area contributed by atoms with Crippen molar-refractivity contribution in [1.29, 1.82) is 0 Å². The van der Waals surface area contributed by atoms with Crippen LogP contribution in [0.1, 0.15) is 18.1 Å². The van der Waals surface area contributed by atoms with Crippen LogP contribution in [0.4, 0.5) is 10.2 Å². The number of rotatable bonds is 7. The van der Waals surface area contributed by atoms with Gasteiger partial charge in [-0.2, -0.15) is 0 Å². The Morgan fingerprint density at radius 2 is 2.00 bits per heavy atom. The Balaban J connectivity index is 1.92. The van der Waals surface area contributed by atoms with E-state index < -0.39 is 0 Å². The quantitative estimate of drug-likeness (QED) is 0.599. The minimum atomic E-state index is -0.201. The van der Waals surface area contributed by atoms with Gasteiger partial charge in [0.1, 0.15) is 11.6 Å². The number of anilines is 1. The molecular formula is C19H26FN5. The topological polar surface area (TPSA) is 52.6 Å². The number of halogens is 1. The Bertz CT molecular complexity index is 700. The minimum Gasteiger partial charge on any atom is -0.363 e. The van der Waals surface area contributed by atoms with Gasteiger partial charge in [0.25, 0.3) is 0 Å². The third-order valence-electron chi connectivity index (χ3n) is 3.63. The molecule has 2 N–H and O–H groups in total. The number of nitrogens with zero attached hydrogens (tertiary/aromatic N) is 3. The maximum Gasteiger partial charge on any atom is 0.191 e. The van der Waals surface area contributed by atoms with Gasteiger partial charge in [-0.3, -0.25) is 0 Å². The summed E-state index contributed by atoms with van der Waals surface area (Å²) in [6, 6.07) is 10.7. The molecule has 25 heavy (non-hydrogen) atoms. The maximum absolute atomic E-state index is 13.2. The first-order chi connectivity index (χ1) is 12.1. The number of aliphatic imine (C=N–C) groups is 1. The summed E-state index contributed by atoms with van der Waals surface area (Å²) in [5.74, 6) is 1.46. The number of pyridine rings is 1. The van der Waals surface area contributed by atoms with E-state index >= 15 is 0 Å². The summed E-state index contributed by atoms with van der Waals surface area (Å²) in [4.78, 5) is 10.9. The first-order valence-electron chi connectivity index (χ1n) is 8.47.